The molecule has 0 aliphatic carbocycles. The molecule has 154 valence electrons. The highest BCUT2D eigenvalue weighted by atomic mass is 16.7. The smallest absolute Gasteiger partial charge is 0.250 e. The molecule has 0 radical (unpaired) electrons. The summed E-state index contributed by atoms with van der Waals surface area (Å²) < 4.78 is 11.1. The van der Waals surface area contributed by atoms with Gasteiger partial charge >= 0.3 is 0 Å². The van der Waals surface area contributed by atoms with Gasteiger partial charge in [0.15, 0.2) is 6.29 Å². The molecule has 1 fully saturated rings. The van der Waals surface area contributed by atoms with Crippen molar-refractivity contribution in [3.63, 3.8) is 0 Å². The quantitative estimate of drug-likeness (QED) is 0.146. The Morgan fingerprint density at radius 1 is 1.42 bits per heavy atom. The second kappa shape index (κ2) is 9.88. The predicted octanol–water partition coefficient (Wildman–Crippen LogP) is -3.86. The fraction of sp³-hybridized carbons (Fsp3) is 0.933. The van der Waals surface area contributed by atoms with Crippen molar-refractivity contribution in [1.29, 1.82) is 0 Å². The van der Waals surface area contributed by atoms with Gasteiger partial charge in [0.05, 0.1) is 24.8 Å². The minimum absolute atomic E-state index is 0.0889. The van der Waals surface area contributed by atoms with Crippen molar-refractivity contribution >= 4 is 5.91 Å². The summed E-state index contributed by atoms with van der Waals surface area (Å²) in [7, 11) is 1.59. The van der Waals surface area contributed by atoms with Gasteiger partial charge in [-0.25, -0.2) is 0 Å². The van der Waals surface area contributed by atoms with Crippen LogP contribution in [0.25, 0.3) is 0 Å². The van der Waals surface area contributed by atoms with E-state index in [9.17, 15) is 25.2 Å². The number of rotatable bonds is 9. The first-order chi connectivity index (χ1) is 12.0. The highest BCUT2D eigenvalue weighted by molar-refractivity contribution is 5.81. The number of aliphatic hydroxyl groups is 4. The molecule has 0 spiro atoms. The molecular weight excluding hydrogens is 348 g/mol. The zero-order valence-electron chi connectivity index (χ0n) is 15.5. The Morgan fingerprint density at radius 3 is 2.54 bits per heavy atom. The summed E-state index contributed by atoms with van der Waals surface area (Å²) in [6.45, 7) is 4.34. The van der Waals surface area contributed by atoms with Gasteiger partial charge in [0, 0.05) is 6.54 Å². The molecule has 26 heavy (non-hydrogen) atoms. The van der Waals surface area contributed by atoms with E-state index >= 15 is 0 Å². The molecule has 1 aliphatic rings. The summed E-state index contributed by atoms with van der Waals surface area (Å²) in [5.41, 5.74) is 0.891. The van der Waals surface area contributed by atoms with Crippen LogP contribution in [0.5, 0.6) is 0 Å². The Kier molecular flexibility index (Phi) is 8.79. The molecule has 8 atom stereocenters. The monoisotopic (exact) mass is 380 g/mol. The average Bonchev–Trinajstić information content (AvgIpc) is 2.53. The Balaban J connectivity index is 2.77. The third-order valence-electron chi connectivity index (χ3n) is 4.38. The molecule has 1 rings (SSSR count). The van der Waals surface area contributed by atoms with Crippen LogP contribution in [-0.2, 0) is 14.3 Å². The minimum atomic E-state index is -1.36. The van der Waals surface area contributed by atoms with Crippen molar-refractivity contribution in [2.75, 3.05) is 20.2 Å². The predicted molar refractivity (Wildman–Crippen MR) is 91.6 cm³/mol. The van der Waals surface area contributed by atoms with Crippen LogP contribution in [0.3, 0.4) is 0 Å². The van der Waals surface area contributed by atoms with Crippen LogP contribution in [0.1, 0.15) is 20.8 Å². The Bertz CT molecular complexity index is 452. The van der Waals surface area contributed by atoms with Gasteiger partial charge in [0.1, 0.15) is 23.9 Å². The summed E-state index contributed by atoms with van der Waals surface area (Å²) in [6, 6.07) is -1.42. The lowest BCUT2D eigenvalue weighted by Gasteiger charge is -2.45. The second-order valence-corrected chi connectivity index (χ2v) is 6.86. The molecule has 0 aromatic heterocycles. The summed E-state index contributed by atoms with van der Waals surface area (Å²) in [6.07, 6.45) is -5.64. The van der Waals surface area contributed by atoms with Gasteiger partial charge in [-0.15, -0.1) is 0 Å². The van der Waals surface area contributed by atoms with E-state index in [1.165, 1.54) is 13.8 Å². The van der Waals surface area contributed by atoms with Crippen molar-refractivity contribution in [2.45, 2.75) is 69.2 Å². The highest BCUT2D eigenvalue weighted by Gasteiger charge is 2.47. The number of carbonyl (C=O) groups is 1. The van der Waals surface area contributed by atoms with Gasteiger partial charge in [-0.2, -0.15) is 0 Å². The number of aliphatic hydroxyl groups excluding tert-OH is 3. The number of ether oxygens (including phenoxy) is 2. The van der Waals surface area contributed by atoms with E-state index in [1.54, 1.807) is 14.0 Å². The van der Waals surface area contributed by atoms with Crippen LogP contribution >= 0.6 is 0 Å². The van der Waals surface area contributed by atoms with E-state index in [-0.39, 0.29) is 13.2 Å². The van der Waals surface area contributed by atoms with Gasteiger partial charge in [-0.3, -0.25) is 16.1 Å². The zero-order chi connectivity index (χ0) is 20.1. The summed E-state index contributed by atoms with van der Waals surface area (Å²) in [5, 5.41) is 45.6. The maximum absolute atomic E-state index is 11.9. The lowest BCUT2D eigenvalue weighted by atomic mass is 9.90. The Labute approximate surface area is 152 Å². The summed E-state index contributed by atoms with van der Waals surface area (Å²) in [5.74, 6) is 4.38. The first kappa shape index (κ1) is 23.1. The van der Waals surface area contributed by atoms with Crippen LogP contribution in [0.4, 0.5) is 0 Å². The molecule has 11 heteroatoms. The molecule has 1 aliphatic heterocycles. The molecule has 1 saturated heterocycles. The maximum Gasteiger partial charge on any atom is 0.250 e. The Morgan fingerprint density at radius 2 is 2.04 bits per heavy atom. The standard InChI is InChI=1S/C15H32N4O7/c1-7(19-13(23)9(21)5-18-16)11(8(2)20)26-14-10(22)12(17-4)15(3,24)6-25-14/h7-12,14,17-18,20-22,24H,5-6,16H2,1-4H3,(H,19,23). The largest absolute Gasteiger partial charge is 0.391 e. The molecule has 0 aromatic carbocycles. The van der Waals surface area contributed by atoms with E-state index < -0.39 is 54.3 Å². The number of hydrogen-bond donors (Lipinski definition) is 8. The van der Waals surface area contributed by atoms with Crippen molar-refractivity contribution < 1.29 is 34.7 Å². The number of amides is 1. The first-order valence-electron chi connectivity index (χ1n) is 8.49. The van der Waals surface area contributed by atoms with Crippen molar-refractivity contribution in [2.24, 2.45) is 5.84 Å². The molecule has 9 N–H and O–H groups in total. The lowest BCUT2D eigenvalue weighted by Crippen LogP contribution is -2.66. The van der Waals surface area contributed by atoms with Crippen LogP contribution in [0.2, 0.25) is 0 Å². The van der Waals surface area contributed by atoms with Crippen molar-refractivity contribution in [3.8, 4) is 0 Å². The number of hydrogen-bond acceptors (Lipinski definition) is 10. The maximum atomic E-state index is 11.9. The highest BCUT2D eigenvalue weighted by Crippen LogP contribution is 2.26. The SMILES string of the molecule is CNC1C(O)C(OC(C(C)O)C(C)NC(=O)C(O)CNN)OCC1(C)O. The van der Waals surface area contributed by atoms with E-state index in [1.807, 2.05) is 0 Å². The van der Waals surface area contributed by atoms with Crippen molar-refractivity contribution in [1.82, 2.24) is 16.1 Å². The fourth-order valence-electron chi connectivity index (χ4n) is 2.98. The lowest BCUT2D eigenvalue weighted by molar-refractivity contribution is -0.289. The molecule has 0 aromatic rings. The van der Waals surface area contributed by atoms with E-state index in [2.05, 4.69) is 16.1 Å². The number of carbonyl (C=O) groups excluding carboxylic acids is 1. The van der Waals surface area contributed by atoms with Crippen LogP contribution < -0.4 is 21.9 Å². The molecule has 8 unspecified atom stereocenters. The zero-order valence-corrected chi connectivity index (χ0v) is 15.5. The molecule has 11 nitrogen and oxygen atoms in total. The normalized spacial score (nSPS) is 34.0. The minimum Gasteiger partial charge on any atom is -0.391 e. The average molecular weight is 380 g/mol. The van der Waals surface area contributed by atoms with Crippen LogP contribution in [-0.4, -0.2) is 94.9 Å². The Hall–Kier alpha value is -0.890. The molecular formula is C15H32N4O7. The van der Waals surface area contributed by atoms with Gasteiger partial charge in [-0.05, 0) is 27.8 Å². The van der Waals surface area contributed by atoms with Gasteiger partial charge in [0.25, 0.3) is 5.91 Å². The number of nitrogens with one attached hydrogen (secondary N) is 3. The third-order valence-corrected chi connectivity index (χ3v) is 4.38. The summed E-state index contributed by atoms with van der Waals surface area (Å²) >= 11 is 0. The first-order valence-corrected chi connectivity index (χ1v) is 8.49. The number of hydrazine groups is 1. The van der Waals surface area contributed by atoms with Crippen molar-refractivity contribution in [3.05, 3.63) is 0 Å². The van der Waals surface area contributed by atoms with Gasteiger partial charge < -0.3 is 40.5 Å². The van der Waals surface area contributed by atoms with Crippen LogP contribution in [0.15, 0.2) is 0 Å². The van der Waals surface area contributed by atoms with Gasteiger partial charge in [-0.1, -0.05) is 0 Å². The second-order valence-electron chi connectivity index (χ2n) is 6.86. The molecule has 1 heterocycles. The van der Waals surface area contributed by atoms with E-state index in [0.717, 1.165) is 0 Å². The number of nitrogens with two attached hydrogens (primary N) is 1. The topological polar surface area (TPSA) is 179 Å². The van der Waals surface area contributed by atoms with E-state index in [4.69, 9.17) is 15.3 Å². The summed E-state index contributed by atoms with van der Waals surface area (Å²) in [4.78, 5) is 11.9. The molecule has 1 amide bonds. The fourth-order valence-corrected chi connectivity index (χ4v) is 2.98. The third kappa shape index (κ3) is 5.81. The number of likely N-dealkylation sites (N-methyl/N-ethyl adjacent to an activating group) is 1. The van der Waals surface area contributed by atoms with Gasteiger partial charge in [0.2, 0.25) is 0 Å². The molecule has 0 saturated carbocycles. The van der Waals surface area contributed by atoms with E-state index in [0.29, 0.717) is 0 Å². The molecule has 0 bridgehead atoms. The van der Waals surface area contributed by atoms with Crippen LogP contribution in [0, 0.1) is 0 Å².